The van der Waals surface area contributed by atoms with Crippen molar-refractivity contribution in [3.05, 3.63) is 51.0 Å². The van der Waals surface area contributed by atoms with E-state index in [9.17, 15) is 4.79 Å². The summed E-state index contributed by atoms with van der Waals surface area (Å²) in [6.07, 6.45) is 0. The number of hydrogen-bond donors (Lipinski definition) is 1. The maximum absolute atomic E-state index is 13.0. The van der Waals surface area contributed by atoms with Crippen LogP contribution in [0.1, 0.15) is 17.3 Å². The van der Waals surface area contributed by atoms with Crippen molar-refractivity contribution in [2.24, 2.45) is 0 Å². The maximum atomic E-state index is 13.0. The lowest BCUT2D eigenvalue weighted by Gasteiger charge is -2.36. The van der Waals surface area contributed by atoms with Crippen molar-refractivity contribution in [2.45, 2.75) is 6.92 Å². The summed E-state index contributed by atoms with van der Waals surface area (Å²) in [6, 6.07) is 8.55. The number of methoxy groups -OCH3 is 1. The number of amides is 1. The zero-order chi connectivity index (χ0) is 20.3. The van der Waals surface area contributed by atoms with Gasteiger partial charge in [-0.3, -0.25) is 4.79 Å². The number of anilines is 2. The zero-order valence-corrected chi connectivity index (χ0v) is 18.0. The Kier molecular flexibility index (Phi) is 6.94. The summed E-state index contributed by atoms with van der Waals surface area (Å²) in [6.45, 7) is 6.76. The monoisotopic (exact) mass is 441 g/mol. The molecule has 0 bridgehead atoms. The van der Waals surface area contributed by atoms with Crippen LogP contribution in [0, 0.1) is 0 Å². The van der Waals surface area contributed by atoms with Gasteiger partial charge in [-0.15, -0.1) is 0 Å². The molecule has 1 amide bonds. The molecule has 1 aliphatic rings. The largest absolute Gasteiger partial charge is 0.494 e. The molecule has 1 heterocycles. The summed E-state index contributed by atoms with van der Waals surface area (Å²) in [4.78, 5) is 17.5. The van der Waals surface area contributed by atoms with Crippen LogP contribution < -0.4 is 15.0 Å². The number of piperazine rings is 1. The van der Waals surface area contributed by atoms with Crippen LogP contribution in [-0.4, -0.2) is 50.6 Å². The average molecular weight is 443 g/mol. The quantitative estimate of drug-likeness (QED) is 0.704. The fourth-order valence-corrected chi connectivity index (χ4v) is 4.22. The summed E-state index contributed by atoms with van der Waals surface area (Å²) in [5, 5.41) is 4.18. The first-order valence-electron chi connectivity index (χ1n) is 9.04. The zero-order valence-electron chi connectivity index (χ0n) is 15.8. The third kappa shape index (κ3) is 4.49. The lowest BCUT2D eigenvalue weighted by Crippen LogP contribution is -2.46. The molecule has 2 aromatic rings. The highest BCUT2D eigenvalue weighted by Gasteiger charge is 2.23. The Balaban J connectivity index is 1.90. The van der Waals surface area contributed by atoms with Crippen LogP contribution in [0.4, 0.5) is 11.4 Å². The fraction of sp³-hybridized carbons (Fsp3) is 0.350. The van der Waals surface area contributed by atoms with Crippen LogP contribution in [0.15, 0.2) is 30.3 Å². The van der Waals surface area contributed by atoms with E-state index < -0.39 is 0 Å². The summed E-state index contributed by atoms with van der Waals surface area (Å²) < 4.78 is 5.29. The van der Waals surface area contributed by atoms with Crippen LogP contribution in [0.2, 0.25) is 15.1 Å². The third-order valence-electron chi connectivity index (χ3n) is 4.83. The molecule has 0 unspecified atom stereocenters. The average Bonchev–Trinajstić information content (AvgIpc) is 2.68. The summed E-state index contributed by atoms with van der Waals surface area (Å²) >= 11 is 18.7. The Morgan fingerprint density at radius 2 is 1.82 bits per heavy atom. The highest BCUT2D eigenvalue weighted by atomic mass is 35.5. The number of carbonyl (C=O) groups is 1. The van der Waals surface area contributed by atoms with Gasteiger partial charge in [-0.05, 0) is 30.8 Å². The molecule has 1 aliphatic heterocycles. The third-order valence-corrected chi connectivity index (χ3v) is 5.63. The summed E-state index contributed by atoms with van der Waals surface area (Å²) in [7, 11) is 1.46. The van der Waals surface area contributed by atoms with Gasteiger partial charge in [0.2, 0.25) is 0 Å². The first-order valence-corrected chi connectivity index (χ1v) is 10.2. The Labute approximate surface area is 180 Å². The number of nitrogens with zero attached hydrogens (tertiary/aromatic N) is 2. The van der Waals surface area contributed by atoms with Gasteiger partial charge in [-0.1, -0.05) is 47.8 Å². The Bertz CT molecular complexity index is 868. The van der Waals surface area contributed by atoms with Gasteiger partial charge in [0, 0.05) is 31.2 Å². The number of carbonyl (C=O) groups excluding carboxylic acids is 1. The number of ether oxygens (including phenoxy) is 1. The second kappa shape index (κ2) is 9.23. The molecular weight excluding hydrogens is 421 g/mol. The second-order valence-electron chi connectivity index (χ2n) is 6.48. The molecule has 8 heteroatoms. The molecule has 28 heavy (non-hydrogen) atoms. The van der Waals surface area contributed by atoms with Gasteiger partial charge < -0.3 is 19.9 Å². The molecule has 1 saturated heterocycles. The minimum Gasteiger partial charge on any atom is -0.494 e. The summed E-state index contributed by atoms with van der Waals surface area (Å²) in [5.41, 5.74) is 1.72. The minimum atomic E-state index is -0.364. The number of para-hydroxylation sites is 1. The molecule has 0 spiro atoms. The Morgan fingerprint density at radius 1 is 1.11 bits per heavy atom. The molecule has 2 aromatic carbocycles. The van der Waals surface area contributed by atoms with Gasteiger partial charge in [0.15, 0.2) is 0 Å². The van der Waals surface area contributed by atoms with E-state index in [1.807, 2.05) is 18.2 Å². The van der Waals surface area contributed by atoms with Gasteiger partial charge in [0.1, 0.15) is 5.75 Å². The van der Waals surface area contributed by atoms with Crippen LogP contribution in [0.25, 0.3) is 0 Å². The first-order chi connectivity index (χ1) is 13.4. The number of halogens is 3. The predicted octanol–water partition coefficient (Wildman–Crippen LogP) is 5.05. The molecule has 1 N–H and O–H groups in total. The second-order valence-corrected chi connectivity index (χ2v) is 7.73. The molecule has 0 atom stereocenters. The maximum Gasteiger partial charge on any atom is 0.259 e. The molecule has 3 rings (SSSR count). The standard InChI is InChI=1S/C20H22Cl3N3O2/c1-3-25-7-9-26(10-8-25)18-15(22)5-4-6-17(18)24-20(27)14-11-13(21)12-16(23)19(14)28-2/h4-6,11-12H,3,7-10H2,1-2H3,(H,24,27). The molecule has 150 valence electrons. The molecule has 0 aliphatic carbocycles. The lowest BCUT2D eigenvalue weighted by atomic mass is 10.1. The van der Waals surface area contributed by atoms with Crippen LogP contribution in [-0.2, 0) is 0 Å². The number of benzene rings is 2. The molecule has 0 aromatic heterocycles. The van der Waals surface area contributed by atoms with Crippen molar-refractivity contribution in [2.75, 3.05) is 50.1 Å². The van der Waals surface area contributed by atoms with E-state index in [0.717, 1.165) is 38.4 Å². The van der Waals surface area contributed by atoms with E-state index in [1.54, 1.807) is 0 Å². The Hall–Kier alpha value is -1.66. The van der Waals surface area contributed by atoms with Crippen molar-refractivity contribution in [3.63, 3.8) is 0 Å². The van der Waals surface area contributed by atoms with Crippen LogP contribution >= 0.6 is 34.8 Å². The van der Waals surface area contributed by atoms with E-state index >= 15 is 0 Å². The fourth-order valence-electron chi connectivity index (χ4n) is 3.35. The minimum absolute atomic E-state index is 0.265. The lowest BCUT2D eigenvalue weighted by molar-refractivity contribution is 0.102. The van der Waals surface area contributed by atoms with Gasteiger partial charge in [-0.25, -0.2) is 0 Å². The van der Waals surface area contributed by atoms with E-state index in [2.05, 4.69) is 22.0 Å². The number of likely N-dealkylation sites (N-methyl/N-ethyl adjacent to an activating group) is 1. The van der Waals surface area contributed by atoms with Gasteiger partial charge >= 0.3 is 0 Å². The first kappa shape index (κ1) is 21.1. The number of hydrogen-bond acceptors (Lipinski definition) is 4. The van der Waals surface area contributed by atoms with Crippen molar-refractivity contribution >= 4 is 52.1 Å². The van der Waals surface area contributed by atoms with E-state index in [4.69, 9.17) is 39.5 Å². The van der Waals surface area contributed by atoms with E-state index in [-0.39, 0.29) is 22.2 Å². The Morgan fingerprint density at radius 3 is 2.46 bits per heavy atom. The summed E-state index contributed by atoms with van der Waals surface area (Å²) in [5.74, 6) is -0.0827. The van der Waals surface area contributed by atoms with Crippen LogP contribution in [0.5, 0.6) is 5.75 Å². The molecule has 0 saturated carbocycles. The SMILES string of the molecule is CCN1CCN(c2c(Cl)cccc2NC(=O)c2cc(Cl)cc(Cl)c2OC)CC1. The van der Waals surface area contributed by atoms with E-state index in [1.165, 1.54) is 19.2 Å². The molecule has 5 nitrogen and oxygen atoms in total. The number of nitrogens with one attached hydrogen (secondary N) is 1. The van der Waals surface area contributed by atoms with Crippen molar-refractivity contribution < 1.29 is 9.53 Å². The molecular formula is C20H22Cl3N3O2. The van der Waals surface area contributed by atoms with Crippen molar-refractivity contribution in [1.82, 2.24) is 4.90 Å². The van der Waals surface area contributed by atoms with Crippen molar-refractivity contribution in [1.29, 1.82) is 0 Å². The topological polar surface area (TPSA) is 44.8 Å². The van der Waals surface area contributed by atoms with Crippen LogP contribution in [0.3, 0.4) is 0 Å². The number of rotatable bonds is 5. The van der Waals surface area contributed by atoms with E-state index in [0.29, 0.717) is 15.7 Å². The molecule has 0 radical (unpaired) electrons. The van der Waals surface area contributed by atoms with Gasteiger partial charge in [0.05, 0.1) is 34.1 Å². The normalized spacial score (nSPS) is 14.8. The predicted molar refractivity (Wildman–Crippen MR) is 117 cm³/mol. The van der Waals surface area contributed by atoms with Gasteiger partial charge in [0.25, 0.3) is 5.91 Å². The van der Waals surface area contributed by atoms with Gasteiger partial charge in [-0.2, -0.15) is 0 Å². The highest BCUT2D eigenvalue weighted by molar-refractivity contribution is 6.37. The molecule has 1 fully saturated rings. The van der Waals surface area contributed by atoms with Crippen molar-refractivity contribution in [3.8, 4) is 5.75 Å². The highest BCUT2D eigenvalue weighted by Crippen LogP contribution is 2.37. The smallest absolute Gasteiger partial charge is 0.259 e.